The van der Waals surface area contributed by atoms with Crippen LogP contribution in [0, 0.1) is 26.7 Å². The molecule has 3 amide bonds. The lowest BCUT2D eigenvalue weighted by Crippen LogP contribution is -2.54. The van der Waals surface area contributed by atoms with E-state index < -0.39 is 23.8 Å². The molecular weight excluding hydrogens is 478 g/mol. The molecule has 7 nitrogen and oxygen atoms in total. The van der Waals surface area contributed by atoms with Crippen LogP contribution in [0.25, 0.3) is 0 Å². The van der Waals surface area contributed by atoms with Crippen LogP contribution in [-0.4, -0.2) is 41.0 Å². The third-order valence-corrected chi connectivity index (χ3v) is 6.41. The number of benzene rings is 2. The molecule has 2 N–H and O–H groups in total. The Morgan fingerprint density at radius 1 is 1.05 bits per heavy atom. The van der Waals surface area contributed by atoms with Gasteiger partial charge >= 0.3 is 6.09 Å². The van der Waals surface area contributed by atoms with E-state index in [4.69, 9.17) is 4.74 Å². The van der Waals surface area contributed by atoms with Crippen molar-refractivity contribution in [2.45, 2.75) is 79.5 Å². The average molecular weight is 522 g/mol. The van der Waals surface area contributed by atoms with E-state index >= 15 is 0 Å². The van der Waals surface area contributed by atoms with Crippen molar-refractivity contribution < 1.29 is 19.1 Å². The summed E-state index contributed by atoms with van der Waals surface area (Å²) in [5.41, 5.74) is 3.47. The van der Waals surface area contributed by atoms with Crippen molar-refractivity contribution in [3.63, 3.8) is 0 Å². The van der Waals surface area contributed by atoms with Crippen LogP contribution in [-0.2, 0) is 14.3 Å². The number of rotatable bonds is 10. The lowest BCUT2D eigenvalue weighted by molar-refractivity contribution is -0.141. The third-order valence-electron chi connectivity index (χ3n) is 6.41. The number of anilines is 1. The first kappa shape index (κ1) is 30.6. The van der Waals surface area contributed by atoms with Crippen molar-refractivity contribution in [1.29, 1.82) is 0 Å². The van der Waals surface area contributed by atoms with Gasteiger partial charge in [-0.2, -0.15) is 0 Å². The number of nitrogens with one attached hydrogen (secondary N) is 2. The van der Waals surface area contributed by atoms with Gasteiger partial charge in [0.1, 0.15) is 17.7 Å². The van der Waals surface area contributed by atoms with E-state index in [1.54, 1.807) is 26.8 Å². The molecule has 0 bridgehead atoms. The second kappa shape index (κ2) is 13.3. The molecule has 0 saturated heterocycles. The standard InChI is InChI=1S/C31H43N3O4/c1-10-18-34(29(36)26(21(4)11-2)33-30(37)38-31(7,8)9)27(24-17-12-14-20(3)19-24)28(35)32-25-22(5)15-13-16-23(25)6/h10,12-17,19,21,26-27H,1,11,18H2,2-9H3,(H,32,35)(H,33,37). The lowest BCUT2D eigenvalue weighted by Gasteiger charge is -2.35. The molecule has 2 aromatic rings. The normalized spacial score (nSPS) is 13.6. The Morgan fingerprint density at radius 2 is 1.66 bits per heavy atom. The fourth-order valence-corrected chi connectivity index (χ4v) is 4.27. The van der Waals surface area contributed by atoms with Crippen molar-refractivity contribution in [3.8, 4) is 0 Å². The molecule has 0 radical (unpaired) electrons. The van der Waals surface area contributed by atoms with Crippen LogP contribution in [0.15, 0.2) is 55.1 Å². The number of amides is 3. The van der Waals surface area contributed by atoms with Gasteiger partial charge in [-0.25, -0.2) is 4.79 Å². The van der Waals surface area contributed by atoms with E-state index in [0.29, 0.717) is 17.7 Å². The van der Waals surface area contributed by atoms with Gasteiger partial charge in [-0.3, -0.25) is 9.59 Å². The van der Waals surface area contributed by atoms with E-state index in [-0.39, 0.29) is 24.3 Å². The van der Waals surface area contributed by atoms with Crippen LogP contribution in [0.2, 0.25) is 0 Å². The topological polar surface area (TPSA) is 87.7 Å². The first-order chi connectivity index (χ1) is 17.8. The largest absolute Gasteiger partial charge is 0.444 e. The Morgan fingerprint density at radius 3 is 2.18 bits per heavy atom. The highest BCUT2D eigenvalue weighted by Gasteiger charge is 2.38. The number of carbonyl (C=O) groups excluding carboxylic acids is 3. The second-order valence-electron chi connectivity index (χ2n) is 10.9. The number of aryl methyl sites for hydroxylation is 3. The third kappa shape index (κ3) is 8.20. The Kier molecular flexibility index (Phi) is 10.7. The first-order valence-electron chi connectivity index (χ1n) is 13.1. The summed E-state index contributed by atoms with van der Waals surface area (Å²) in [6, 6.07) is 11.5. The summed E-state index contributed by atoms with van der Waals surface area (Å²) < 4.78 is 5.45. The highest BCUT2D eigenvalue weighted by Crippen LogP contribution is 2.28. The summed E-state index contributed by atoms with van der Waals surface area (Å²) in [6.45, 7) is 18.9. The maximum absolute atomic E-state index is 14.2. The van der Waals surface area contributed by atoms with Crippen molar-refractivity contribution in [2.24, 2.45) is 5.92 Å². The highest BCUT2D eigenvalue weighted by molar-refractivity contribution is 6.00. The van der Waals surface area contributed by atoms with Crippen LogP contribution >= 0.6 is 0 Å². The van der Waals surface area contributed by atoms with Gasteiger partial charge in [0.2, 0.25) is 5.91 Å². The van der Waals surface area contributed by atoms with Gasteiger partial charge in [-0.15, -0.1) is 6.58 Å². The molecule has 0 heterocycles. The van der Waals surface area contributed by atoms with E-state index in [1.165, 1.54) is 4.90 Å². The van der Waals surface area contributed by atoms with Gasteiger partial charge in [0.05, 0.1) is 0 Å². The van der Waals surface area contributed by atoms with Crippen molar-refractivity contribution in [3.05, 3.63) is 77.4 Å². The lowest BCUT2D eigenvalue weighted by atomic mass is 9.95. The number of nitrogens with zero attached hydrogens (tertiary/aromatic N) is 1. The molecule has 206 valence electrons. The maximum Gasteiger partial charge on any atom is 0.408 e. The molecule has 0 fully saturated rings. The Bertz CT molecular complexity index is 1130. The summed E-state index contributed by atoms with van der Waals surface area (Å²) in [5.74, 6) is -0.932. The molecule has 3 unspecified atom stereocenters. The summed E-state index contributed by atoms with van der Waals surface area (Å²) in [4.78, 5) is 42.3. The Hall–Kier alpha value is -3.61. The number of carbonyl (C=O) groups is 3. The van der Waals surface area contributed by atoms with Crippen LogP contribution in [0.1, 0.15) is 69.3 Å². The molecule has 0 spiro atoms. The van der Waals surface area contributed by atoms with E-state index in [9.17, 15) is 14.4 Å². The van der Waals surface area contributed by atoms with Gasteiger partial charge in [-0.05, 0) is 64.2 Å². The molecule has 3 atom stereocenters. The fraction of sp³-hybridized carbons (Fsp3) is 0.452. The minimum Gasteiger partial charge on any atom is -0.444 e. The molecule has 2 aromatic carbocycles. The molecule has 0 aliphatic rings. The molecule has 2 rings (SSSR count). The average Bonchev–Trinajstić information content (AvgIpc) is 2.82. The number of alkyl carbamates (subject to hydrolysis) is 1. The first-order valence-corrected chi connectivity index (χ1v) is 13.1. The monoisotopic (exact) mass is 521 g/mol. The summed E-state index contributed by atoms with van der Waals surface area (Å²) in [6.07, 6.45) is 1.55. The van der Waals surface area contributed by atoms with Crippen LogP contribution < -0.4 is 10.6 Å². The number of hydrogen-bond donors (Lipinski definition) is 2. The smallest absolute Gasteiger partial charge is 0.408 e. The minimum atomic E-state index is -0.952. The molecule has 0 aliphatic carbocycles. The predicted octanol–water partition coefficient (Wildman–Crippen LogP) is 6.25. The van der Waals surface area contributed by atoms with Crippen molar-refractivity contribution in [2.75, 3.05) is 11.9 Å². The summed E-state index contributed by atoms with van der Waals surface area (Å²) >= 11 is 0. The summed E-state index contributed by atoms with van der Waals surface area (Å²) in [5, 5.41) is 5.83. The quantitative estimate of drug-likeness (QED) is 0.362. The van der Waals surface area contributed by atoms with E-state index in [1.807, 2.05) is 77.1 Å². The van der Waals surface area contributed by atoms with Gasteiger partial charge < -0.3 is 20.3 Å². The predicted molar refractivity (Wildman–Crippen MR) is 153 cm³/mol. The van der Waals surface area contributed by atoms with E-state index in [2.05, 4.69) is 17.2 Å². The van der Waals surface area contributed by atoms with Crippen molar-refractivity contribution in [1.82, 2.24) is 10.2 Å². The van der Waals surface area contributed by atoms with Crippen LogP contribution in [0.4, 0.5) is 10.5 Å². The minimum absolute atomic E-state index is 0.112. The van der Waals surface area contributed by atoms with Gasteiger partial charge in [0, 0.05) is 12.2 Å². The fourth-order valence-electron chi connectivity index (χ4n) is 4.27. The zero-order valence-electron chi connectivity index (χ0n) is 24.1. The molecule has 0 aliphatic heterocycles. The molecule has 0 saturated carbocycles. The SMILES string of the molecule is C=CCN(C(=O)C(NC(=O)OC(C)(C)C)C(C)CC)C(C(=O)Nc1c(C)cccc1C)c1cccc(C)c1. The van der Waals surface area contributed by atoms with Gasteiger partial charge in [0.25, 0.3) is 5.91 Å². The number of ether oxygens (including phenoxy) is 1. The van der Waals surface area contributed by atoms with Crippen LogP contribution in [0.5, 0.6) is 0 Å². The van der Waals surface area contributed by atoms with Crippen molar-refractivity contribution >= 4 is 23.6 Å². The molecule has 0 aromatic heterocycles. The molecule has 38 heavy (non-hydrogen) atoms. The zero-order valence-corrected chi connectivity index (χ0v) is 24.1. The summed E-state index contributed by atoms with van der Waals surface area (Å²) in [7, 11) is 0. The maximum atomic E-state index is 14.2. The molecular formula is C31H43N3O4. The van der Waals surface area contributed by atoms with E-state index in [0.717, 1.165) is 16.7 Å². The number of para-hydroxylation sites is 1. The second-order valence-corrected chi connectivity index (χ2v) is 10.9. The van der Waals surface area contributed by atoms with Gasteiger partial charge in [0.15, 0.2) is 0 Å². The highest BCUT2D eigenvalue weighted by atomic mass is 16.6. The van der Waals surface area contributed by atoms with Gasteiger partial charge in [-0.1, -0.05) is 74.4 Å². The number of hydrogen-bond acceptors (Lipinski definition) is 4. The zero-order chi connectivity index (χ0) is 28.6. The Labute approximate surface area is 227 Å². The Balaban J connectivity index is 2.57. The molecule has 7 heteroatoms. The van der Waals surface area contributed by atoms with Crippen LogP contribution in [0.3, 0.4) is 0 Å².